The molecular weight excluding hydrogens is 260 g/mol. The van der Waals surface area contributed by atoms with Gasteiger partial charge in [-0.05, 0) is 24.3 Å². The van der Waals surface area contributed by atoms with Gasteiger partial charge in [-0.25, -0.2) is 0 Å². The van der Waals surface area contributed by atoms with Gasteiger partial charge in [-0.2, -0.15) is 0 Å². The number of halogens is 1. The van der Waals surface area contributed by atoms with E-state index < -0.39 is 0 Å². The Morgan fingerprint density at radius 3 is 2.79 bits per heavy atom. The SMILES string of the molecule is Nc1cccc(C(=O)c2c[nH]c3cc(Cl)ccc23)c1. The van der Waals surface area contributed by atoms with E-state index >= 15 is 0 Å². The predicted octanol–water partition coefficient (Wildman–Crippen LogP) is 3.63. The minimum absolute atomic E-state index is 0.0547. The first-order chi connectivity index (χ1) is 9.15. The van der Waals surface area contributed by atoms with E-state index in [1.54, 1.807) is 42.6 Å². The molecule has 1 aromatic heterocycles. The van der Waals surface area contributed by atoms with E-state index in [1.165, 1.54) is 0 Å². The van der Waals surface area contributed by atoms with Gasteiger partial charge in [0.15, 0.2) is 5.78 Å². The number of nitrogen functional groups attached to an aromatic ring is 1. The van der Waals surface area contributed by atoms with Crippen LogP contribution in [0.5, 0.6) is 0 Å². The molecular formula is C15H11ClN2O. The normalized spacial score (nSPS) is 10.8. The fraction of sp³-hybridized carbons (Fsp3) is 0. The first-order valence-corrected chi connectivity index (χ1v) is 6.20. The van der Waals surface area contributed by atoms with Crippen molar-refractivity contribution in [1.82, 2.24) is 4.98 Å². The Morgan fingerprint density at radius 2 is 2.00 bits per heavy atom. The van der Waals surface area contributed by atoms with Crippen molar-refractivity contribution >= 4 is 34.0 Å². The Hall–Kier alpha value is -2.26. The average molecular weight is 271 g/mol. The second kappa shape index (κ2) is 4.44. The van der Waals surface area contributed by atoms with Crippen LogP contribution in [0.1, 0.15) is 15.9 Å². The summed E-state index contributed by atoms with van der Waals surface area (Å²) in [7, 11) is 0. The number of fused-ring (bicyclic) bond motifs is 1. The molecule has 3 rings (SSSR count). The Bertz CT molecular complexity index is 777. The molecule has 0 saturated carbocycles. The van der Waals surface area contributed by atoms with Crippen molar-refractivity contribution in [2.24, 2.45) is 0 Å². The number of ketones is 1. The molecule has 0 aliphatic carbocycles. The van der Waals surface area contributed by atoms with E-state index in [1.807, 2.05) is 6.07 Å². The lowest BCUT2D eigenvalue weighted by atomic mass is 10.0. The summed E-state index contributed by atoms with van der Waals surface area (Å²) in [4.78, 5) is 15.5. The fourth-order valence-electron chi connectivity index (χ4n) is 2.12. The number of H-pyrrole nitrogens is 1. The number of anilines is 1. The summed E-state index contributed by atoms with van der Waals surface area (Å²) in [6.45, 7) is 0. The van der Waals surface area contributed by atoms with Crippen LogP contribution < -0.4 is 5.73 Å². The third-order valence-electron chi connectivity index (χ3n) is 3.04. The summed E-state index contributed by atoms with van der Waals surface area (Å²) < 4.78 is 0. The van der Waals surface area contributed by atoms with E-state index in [2.05, 4.69) is 4.98 Å². The monoisotopic (exact) mass is 270 g/mol. The number of aromatic nitrogens is 1. The van der Waals surface area contributed by atoms with Crippen molar-refractivity contribution in [1.29, 1.82) is 0 Å². The molecule has 2 aromatic carbocycles. The number of carbonyl (C=O) groups excluding carboxylic acids is 1. The third-order valence-corrected chi connectivity index (χ3v) is 3.27. The van der Waals surface area contributed by atoms with Crippen LogP contribution in [-0.2, 0) is 0 Å². The van der Waals surface area contributed by atoms with Crippen LogP contribution in [0, 0.1) is 0 Å². The molecule has 3 nitrogen and oxygen atoms in total. The van der Waals surface area contributed by atoms with Crippen molar-refractivity contribution < 1.29 is 4.79 Å². The van der Waals surface area contributed by atoms with Crippen LogP contribution >= 0.6 is 11.6 Å². The number of hydrogen-bond donors (Lipinski definition) is 2. The van der Waals surface area contributed by atoms with E-state index in [-0.39, 0.29) is 5.78 Å². The highest BCUT2D eigenvalue weighted by atomic mass is 35.5. The van der Waals surface area contributed by atoms with Crippen molar-refractivity contribution in [3.05, 3.63) is 64.8 Å². The van der Waals surface area contributed by atoms with Crippen molar-refractivity contribution in [3.63, 3.8) is 0 Å². The van der Waals surface area contributed by atoms with Crippen LogP contribution in [0.3, 0.4) is 0 Å². The number of benzene rings is 2. The van der Waals surface area contributed by atoms with Crippen molar-refractivity contribution in [2.45, 2.75) is 0 Å². The van der Waals surface area contributed by atoms with Crippen molar-refractivity contribution in [3.8, 4) is 0 Å². The van der Waals surface area contributed by atoms with Gasteiger partial charge >= 0.3 is 0 Å². The zero-order valence-electron chi connectivity index (χ0n) is 9.98. The lowest BCUT2D eigenvalue weighted by Crippen LogP contribution is -2.01. The van der Waals surface area contributed by atoms with E-state index in [0.717, 1.165) is 10.9 Å². The van der Waals surface area contributed by atoms with E-state index in [4.69, 9.17) is 17.3 Å². The minimum Gasteiger partial charge on any atom is -0.399 e. The van der Waals surface area contributed by atoms with Crippen LogP contribution in [0.25, 0.3) is 10.9 Å². The fourth-order valence-corrected chi connectivity index (χ4v) is 2.29. The first kappa shape index (κ1) is 11.8. The number of aromatic amines is 1. The Morgan fingerprint density at radius 1 is 1.16 bits per heavy atom. The summed E-state index contributed by atoms with van der Waals surface area (Å²) in [5.74, 6) is -0.0547. The number of nitrogens with one attached hydrogen (secondary N) is 1. The molecule has 0 atom stereocenters. The highest BCUT2D eigenvalue weighted by molar-refractivity contribution is 6.31. The van der Waals surface area contributed by atoms with Crippen LogP contribution in [0.4, 0.5) is 5.69 Å². The standard InChI is InChI=1S/C15H11ClN2O/c16-10-4-5-12-13(8-18-14(12)7-10)15(19)9-2-1-3-11(17)6-9/h1-8,18H,17H2. The van der Waals surface area contributed by atoms with Gasteiger partial charge in [-0.1, -0.05) is 29.8 Å². The predicted molar refractivity (Wildman–Crippen MR) is 77.6 cm³/mol. The van der Waals surface area contributed by atoms with Crippen LogP contribution in [0.15, 0.2) is 48.7 Å². The van der Waals surface area contributed by atoms with E-state index in [9.17, 15) is 4.79 Å². The molecule has 0 unspecified atom stereocenters. The zero-order chi connectivity index (χ0) is 13.4. The maximum absolute atomic E-state index is 12.5. The zero-order valence-corrected chi connectivity index (χ0v) is 10.7. The maximum atomic E-state index is 12.5. The molecule has 3 N–H and O–H groups in total. The molecule has 0 fully saturated rings. The topological polar surface area (TPSA) is 58.9 Å². The molecule has 0 spiro atoms. The summed E-state index contributed by atoms with van der Waals surface area (Å²) in [5.41, 5.74) is 8.33. The summed E-state index contributed by atoms with van der Waals surface area (Å²) in [6, 6.07) is 12.4. The molecule has 3 aromatic rings. The molecule has 0 saturated heterocycles. The van der Waals surface area contributed by atoms with Gasteiger partial charge in [0.1, 0.15) is 0 Å². The minimum atomic E-state index is -0.0547. The average Bonchev–Trinajstić information content (AvgIpc) is 2.80. The van der Waals surface area contributed by atoms with E-state index in [0.29, 0.717) is 21.8 Å². The number of nitrogens with two attached hydrogens (primary N) is 1. The Labute approximate surface area is 115 Å². The molecule has 0 aliphatic heterocycles. The Balaban J connectivity index is 2.12. The summed E-state index contributed by atoms with van der Waals surface area (Å²) in [6.07, 6.45) is 1.70. The number of carbonyl (C=O) groups is 1. The Kier molecular flexibility index (Phi) is 2.76. The quantitative estimate of drug-likeness (QED) is 0.552. The first-order valence-electron chi connectivity index (χ1n) is 5.82. The molecule has 0 radical (unpaired) electrons. The maximum Gasteiger partial charge on any atom is 0.195 e. The second-order valence-electron chi connectivity index (χ2n) is 4.35. The molecule has 4 heteroatoms. The largest absolute Gasteiger partial charge is 0.399 e. The summed E-state index contributed by atoms with van der Waals surface area (Å²) >= 11 is 5.92. The number of hydrogen-bond acceptors (Lipinski definition) is 2. The smallest absolute Gasteiger partial charge is 0.195 e. The molecule has 0 amide bonds. The van der Waals surface area contributed by atoms with Crippen molar-refractivity contribution in [2.75, 3.05) is 5.73 Å². The second-order valence-corrected chi connectivity index (χ2v) is 4.78. The highest BCUT2D eigenvalue weighted by Crippen LogP contribution is 2.24. The molecule has 19 heavy (non-hydrogen) atoms. The van der Waals surface area contributed by atoms with Crippen LogP contribution in [-0.4, -0.2) is 10.8 Å². The lowest BCUT2D eigenvalue weighted by molar-refractivity contribution is 0.104. The van der Waals surface area contributed by atoms with Gasteiger partial charge in [0.2, 0.25) is 0 Å². The molecule has 0 aliphatic rings. The highest BCUT2D eigenvalue weighted by Gasteiger charge is 2.14. The van der Waals surface area contributed by atoms with Gasteiger partial charge in [0.25, 0.3) is 0 Å². The molecule has 94 valence electrons. The molecule has 0 bridgehead atoms. The van der Waals surface area contributed by atoms with Crippen LogP contribution in [0.2, 0.25) is 5.02 Å². The number of rotatable bonds is 2. The summed E-state index contributed by atoms with van der Waals surface area (Å²) in [5, 5.41) is 1.49. The van der Waals surface area contributed by atoms with Gasteiger partial charge in [-0.3, -0.25) is 4.79 Å². The lowest BCUT2D eigenvalue weighted by Gasteiger charge is -2.01. The van der Waals surface area contributed by atoms with Gasteiger partial charge in [0, 0.05) is 38.9 Å². The van der Waals surface area contributed by atoms with Gasteiger partial charge < -0.3 is 10.7 Å². The van der Waals surface area contributed by atoms with Gasteiger partial charge in [-0.15, -0.1) is 0 Å². The third kappa shape index (κ3) is 2.09. The van der Waals surface area contributed by atoms with Gasteiger partial charge in [0.05, 0.1) is 0 Å². The molecule has 1 heterocycles.